The quantitative estimate of drug-likeness (QED) is 0.821. The molecule has 1 aromatic carbocycles. The normalized spacial score (nSPS) is 19.8. The van der Waals surface area contributed by atoms with Crippen molar-refractivity contribution < 1.29 is 14.7 Å². The average Bonchev–Trinajstić information content (AvgIpc) is 2.64. The maximum Gasteiger partial charge on any atom is 0.316 e. The minimum atomic E-state index is -1.06. The van der Waals surface area contributed by atoms with Crippen molar-refractivity contribution in [2.24, 2.45) is 5.92 Å². The zero-order valence-corrected chi connectivity index (χ0v) is 10.1. The van der Waals surface area contributed by atoms with Crippen molar-refractivity contribution in [3.63, 3.8) is 0 Å². The predicted octanol–water partition coefficient (Wildman–Crippen LogP) is 2.09. The lowest BCUT2D eigenvalue weighted by Crippen LogP contribution is -2.30. The predicted molar refractivity (Wildman–Crippen MR) is 64.3 cm³/mol. The first-order valence-electron chi connectivity index (χ1n) is 5.31. The van der Waals surface area contributed by atoms with Crippen molar-refractivity contribution in [2.45, 2.75) is 13.3 Å². The van der Waals surface area contributed by atoms with Gasteiger partial charge in [-0.2, -0.15) is 0 Å². The van der Waals surface area contributed by atoms with Gasteiger partial charge in [0.1, 0.15) is 5.92 Å². The molecule has 1 aliphatic rings. The summed E-state index contributed by atoms with van der Waals surface area (Å²) in [5, 5.41) is 9.45. The molecule has 0 aliphatic carbocycles. The first-order valence-corrected chi connectivity index (χ1v) is 5.69. The van der Waals surface area contributed by atoms with Crippen molar-refractivity contribution in [1.29, 1.82) is 0 Å². The summed E-state index contributed by atoms with van der Waals surface area (Å²) >= 11 is 5.98. The largest absolute Gasteiger partial charge is 0.481 e. The van der Waals surface area contributed by atoms with E-state index in [1.807, 2.05) is 13.0 Å². The monoisotopic (exact) mass is 253 g/mol. The lowest BCUT2D eigenvalue weighted by molar-refractivity contribution is -0.144. The van der Waals surface area contributed by atoms with E-state index in [2.05, 4.69) is 0 Å². The van der Waals surface area contributed by atoms with Gasteiger partial charge in [0.15, 0.2) is 0 Å². The molecule has 5 heteroatoms. The lowest BCUT2D eigenvalue weighted by atomic mass is 10.1. The number of carboxylic acid groups (broad SMARTS) is 1. The summed E-state index contributed by atoms with van der Waals surface area (Å²) in [6, 6.07) is 5.29. The molecule has 1 fully saturated rings. The zero-order valence-electron chi connectivity index (χ0n) is 9.31. The molecule has 1 aromatic rings. The Morgan fingerprint density at radius 3 is 2.76 bits per heavy atom. The average molecular weight is 254 g/mol. The second-order valence-electron chi connectivity index (χ2n) is 4.10. The van der Waals surface area contributed by atoms with Gasteiger partial charge in [-0.1, -0.05) is 17.7 Å². The molecule has 1 atom stereocenters. The van der Waals surface area contributed by atoms with E-state index in [4.69, 9.17) is 16.7 Å². The van der Waals surface area contributed by atoms with Gasteiger partial charge in [-0.05, 0) is 31.0 Å². The molecule has 0 bridgehead atoms. The van der Waals surface area contributed by atoms with E-state index in [1.165, 1.54) is 4.90 Å². The summed E-state index contributed by atoms with van der Waals surface area (Å²) in [6.45, 7) is 2.30. The van der Waals surface area contributed by atoms with Gasteiger partial charge in [-0.25, -0.2) is 0 Å². The number of aryl methyl sites for hydroxylation is 1. The molecule has 0 spiro atoms. The number of carbonyl (C=O) groups is 2. The molecule has 1 unspecified atom stereocenters. The fraction of sp³-hybridized carbons (Fsp3) is 0.333. The Labute approximate surface area is 104 Å². The van der Waals surface area contributed by atoms with Gasteiger partial charge >= 0.3 is 5.97 Å². The summed E-state index contributed by atoms with van der Waals surface area (Å²) in [4.78, 5) is 24.2. The number of hydrogen-bond donors (Lipinski definition) is 1. The summed E-state index contributed by atoms with van der Waals surface area (Å²) in [6.07, 6.45) is 0.347. The highest BCUT2D eigenvalue weighted by Gasteiger charge is 2.37. The molecular weight excluding hydrogens is 242 g/mol. The van der Waals surface area contributed by atoms with Crippen LogP contribution in [0.25, 0.3) is 0 Å². The number of rotatable bonds is 2. The van der Waals surface area contributed by atoms with Crippen LogP contribution in [0, 0.1) is 12.8 Å². The van der Waals surface area contributed by atoms with Gasteiger partial charge < -0.3 is 10.0 Å². The maximum absolute atomic E-state index is 11.8. The van der Waals surface area contributed by atoms with E-state index < -0.39 is 11.9 Å². The molecular formula is C12H12ClNO3. The molecule has 1 saturated heterocycles. The fourth-order valence-corrected chi connectivity index (χ4v) is 2.09. The third-order valence-corrected chi connectivity index (χ3v) is 3.38. The number of amides is 1. The summed E-state index contributed by atoms with van der Waals surface area (Å²) in [5.41, 5.74) is 1.59. The number of anilines is 1. The Hall–Kier alpha value is -1.55. The van der Waals surface area contributed by atoms with Crippen LogP contribution in [0.15, 0.2) is 18.2 Å². The number of halogens is 1. The van der Waals surface area contributed by atoms with Crippen LogP contribution >= 0.6 is 11.6 Å². The van der Waals surface area contributed by atoms with Crippen LogP contribution in [-0.4, -0.2) is 23.5 Å². The van der Waals surface area contributed by atoms with Gasteiger partial charge in [0.05, 0.1) is 0 Å². The van der Waals surface area contributed by atoms with Crippen LogP contribution in [0.3, 0.4) is 0 Å². The minimum absolute atomic E-state index is 0.347. The van der Waals surface area contributed by atoms with Gasteiger partial charge in [-0.15, -0.1) is 0 Å². The molecule has 2 rings (SSSR count). The number of nitrogens with zero attached hydrogens (tertiary/aromatic N) is 1. The molecule has 1 aliphatic heterocycles. The van der Waals surface area contributed by atoms with E-state index in [1.54, 1.807) is 12.1 Å². The van der Waals surface area contributed by atoms with Crippen molar-refractivity contribution >= 4 is 29.2 Å². The SMILES string of the molecule is Cc1ccc(N2CCC(C(=O)O)C2=O)cc1Cl. The first-order chi connectivity index (χ1) is 8.00. The topological polar surface area (TPSA) is 57.6 Å². The van der Waals surface area contributed by atoms with Crippen molar-refractivity contribution in [1.82, 2.24) is 0 Å². The number of aliphatic carboxylic acids is 1. The molecule has 17 heavy (non-hydrogen) atoms. The highest BCUT2D eigenvalue weighted by atomic mass is 35.5. The highest BCUT2D eigenvalue weighted by molar-refractivity contribution is 6.31. The third kappa shape index (κ3) is 2.13. The molecule has 1 amide bonds. The molecule has 0 aromatic heterocycles. The van der Waals surface area contributed by atoms with Crippen LogP contribution in [0.4, 0.5) is 5.69 Å². The molecule has 4 nitrogen and oxygen atoms in total. The third-order valence-electron chi connectivity index (χ3n) is 2.97. The maximum atomic E-state index is 11.8. The van der Waals surface area contributed by atoms with Crippen LogP contribution in [0.1, 0.15) is 12.0 Å². The standard InChI is InChI=1S/C12H12ClNO3/c1-7-2-3-8(6-10(7)13)14-5-4-9(11(14)15)12(16)17/h2-3,6,9H,4-5H2,1H3,(H,16,17). The summed E-state index contributed by atoms with van der Waals surface area (Å²) in [7, 11) is 0. The number of benzene rings is 1. The Morgan fingerprint density at radius 1 is 1.53 bits per heavy atom. The Bertz CT molecular complexity index is 487. The minimum Gasteiger partial charge on any atom is -0.481 e. The molecule has 1 heterocycles. The van der Waals surface area contributed by atoms with E-state index in [0.29, 0.717) is 23.7 Å². The first kappa shape index (κ1) is 11.9. The Morgan fingerprint density at radius 2 is 2.24 bits per heavy atom. The smallest absolute Gasteiger partial charge is 0.316 e. The molecule has 90 valence electrons. The second kappa shape index (κ2) is 4.37. The van der Waals surface area contributed by atoms with E-state index in [-0.39, 0.29) is 5.91 Å². The van der Waals surface area contributed by atoms with E-state index in [0.717, 1.165) is 5.56 Å². The number of carbonyl (C=O) groups excluding carboxylic acids is 1. The Kier molecular flexibility index (Phi) is 3.07. The van der Waals surface area contributed by atoms with Crippen LogP contribution in [0.5, 0.6) is 0 Å². The molecule has 1 N–H and O–H groups in total. The lowest BCUT2D eigenvalue weighted by Gasteiger charge is -2.16. The number of hydrogen-bond acceptors (Lipinski definition) is 2. The van der Waals surface area contributed by atoms with Crippen molar-refractivity contribution in [3.8, 4) is 0 Å². The van der Waals surface area contributed by atoms with Gasteiger partial charge in [0, 0.05) is 17.3 Å². The second-order valence-corrected chi connectivity index (χ2v) is 4.51. The van der Waals surface area contributed by atoms with Gasteiger partial charge in [0.25, 0.3) is 0 Å². The van der Waals surface area contributed by atoms with Crippen LogP contribution in [-0.2, 0) is 9.59 Å². The summed E-state index contributed by atoms with van der Waals surface area (Å²) < 4.78 is 0. The zero-order chi connectivity index (χ0) is 12.6. The van der Waals surface area contributed by atoms with Crippen molar-refractivity contribution in [2.75, 3.05) is 11.4 Å². The van der Waals surface area contributed by atoms with Crippen molar-refractivity contribution in [3.05, 3.63) is 28.8 Å². The Balaban J connectivity index is 2.27. The summed E-state index contributed by atoms with van der Waals surface area (Å²) in [5.74, 6) is -2.34. The van der Waals surface area contributed by atoms with Crippen LogP contribution < -0.4 is 4.90 Å². The molecule has 0 radical (unpaired) electrons. The highest BCUT2D eigenvalue weighted by Crippen LogP contribution is 2.28. The van der Waals surface area contributed by atoms with E-state index in [9.17, 15) is 9.59 Å². The van der Waals surface area contributed by atoms with Gasteiger partial charge in [0.2, 0.25) is 5.91 Å². The van der Waals surface area contributed by atoms with Crippen LogP contribution in [0.2, 0.25) is 5.02 Å². The number of carboxylic acids is 1. The van der Waals surface area contributed by atoms with E-state index >= 15 is 0 Å². The molecule has 0 saturated carbocycles. The fourth-order valence-electron chi connectivity index (χ4n) is 1.92. The van der Waals surface area contributed by atoms with Gasteiger partial charge in [-0.3, -0.25) is 9.59 Å².